The number of carbonyl (C=O) groups excluding carboxylic acids is 1. The van der Waals surface area contributed by atoms with E-state index in [1.807, 2.05) is 6.92 Å². The lowest BCUT2D eigenvalue weighted by atomic mass is 10.1. The maximum Gasteiger partial charge on any atom is 0.236 e. The minimum Gasteiger partial charge on any atom is -0.355 e. The third-order valence-corrected chi connectivity index (χ3v) is 1.98. The maximum atomic E-state index is 11.3. The number of hydrogen-bond acceptors (Lipinski definition) is 2. The molecule has 0 radical (unpaired) electrons. The molecule has 0 aromatic carbocycles. The first-order valence-corrected chi connectivity index (χ1v) is 5.19. The van der Waals surface area contributed by atoms with Gasteiger partial charge >= 0.3 is 0 Å². The molecule has 1 atom stereocenters. The number of terminal acetylenes is 1. The fraction of sp³-hybridized carbons (Fsp3) is 0.727. The number of hydrogen-bond donors (Lipinski definition) is 2. The van der Waals surface area contributed by atoms with E-state index >= 15 is 0 Å². The predicted octanol–water partition coefficient (Wildman–Crippen LogP) is 1.03. The molecular weight excluding hydrogens is 176 g/mol. The van der Waals surface area contributed by atoms with Crippen LogP contribution < -0.4 is 11.1 Å². The highest BCUT2D eigenvalue weighted by Gasteiger charge is 2.10. The van der Waals surface area contributed by atoms with E-state index in [-0.39, 0.29) is 11.9 Å². The van der Waals surface area contributed by atoms with E-state index in [1.54, 1.807) is 0 Å². The predicted molar refractivity (Wildman–Crippen MR) is 58.6 cm³/mol. The SMILES string of the molecule is C#CCCCCNC(=O)C(N)CCC. The lowest BCUT2D eigenvalue weighted by Crippen LogP contribution is -2.40. The topological polar surface area (TPSA) is 55.1 Å². The molecule has 0 aliphatic rings. The second kappa shape index (κ2) is 8.58. The van der Waals surface area contributed by atoms with Gasteiger partial charge in [0, 0.05) is 13.0 Å². The van der Waals surface area contributed by atoms with Crippen molar-refractivity contribution in [3.63, 3.8) is 0 Å². The van der Waals surface area contributed by atoms with Gasteiger partial charge in [-0.15, -0.1) is 12.3 Å². The first-order chi connectivity index (χ1) is 6.72. The second-order valence-corrected chi connectivity index (χ2v) is 3.35. The molecule has 0 bridgehead atoms. The summed E-state index contributed by atoms with van der Waals surface area (Å²) in [7, 11) is 0. The van der Waals surface area contributed by atoms with E-state index in [2.05, 4.69) is 11.2 Å². The summed E-state index contributed by atoms with van der Waals surface area (Å²) in [6, 6.07) is -0.354. The molecule has 1 amide bonds. The van der Waals surface area contributed by atoms with Crippen molar-refractivity contribution in [2.45, 2.75) is 45.1 Å². The average molecular weight is 196 g/mol. The summed E-state index contributed by atoms with van der Waals surface area (Å²) in [4.78, 5) is 11.3. The lowest BCUT2D eigenvalue weighted by molar-refractivity contribution is -0.122. The fourth-order valence-electron chi connectivity index (χ4n) is 1.14. The summed E-state index contributed by atoms with van der Waals surface area (Å²) in [6.45, 7) is 2.69. The van der Waals surface area contributed by atoms with Gasteiger partial charge in [-0.05, 0) is 19.3 Å². The van der Waals surface area contributed by atoms with Crippen LogP contribution in [-0.2, 0) is 4.79 Å². The first-order valence-electron chi connectivity index (χ1n) is 5.19. The molecule has 3 nitrogen and oxygen atoms in total. The van der Waals surface area contributed by atoms with Gasteiger partial charge in [0.25, 0.3) is 0 Å². The standard InChI is InChI=1S/C11H20N2O/c1-3-5-6-7-9-13-11(14)10(12)8-4-2/h1,10H,4-9,12H2,2H3,(H,13,14). The third kappa shape index (κ3) is 6.50. The molecule has 0 fully saturated rings. The third-order valence-electron chi connectivity index (χ3n) is 1.98. The molecule has 0 rings (SSSR count). The summed E-state index contributed by atoms with van der Waals surface area (Å²) < 4.78 is 0. The Morgan fingerprint density at radius 1 is 1.57 bits per heavy atom. The van der Waals surface area contributed by atoms with Crippen LogP contribution in [0.5, 0.6) is 0 Å². The Morgan fingerprint density at radius 2 is 2.29 bits per heavy atom. The number of nitrogens with two attached hydrogens (primary N) is 1. The summed E-state index contributed by atoms with van der Waals surface area (Å²) in [5, 5.41) is 2.79. The molecule has 0 heterocycles. The highest BCUT2D eigenvalue weighted by Crippen LogP contribution is 1.94. The number of amides is 1. The van der Waals surface area contributed by atoms with Crippen molar-refractivity contribution in [1.29, 1.82) is 0 Å². The summed E-state index contributed by atoms with van der Waals surface area (Å²) in [5.74, 6) is 2.51. The van der Waals surface area contributed by atoms with Gasteiger partial charge in [0.15, 0.2) is 0 Å². The van der Waals surface area contributed by atoms with Gasteiger partial charge in [0.1, 0.15) is 0 Å². The smallest absolute Gasteiger partial charge is 0.236 e. The van der Waals surface area contributed by atoms with E-state index < -0.39 is 0 Å². The normalized spacial score (nSPS) is 11.8. The van der Waals surface area contributed by atoms with Gasteiger partial charge in [-0.2, -0.15) is 0 Å². The van der Waals surface area contributed by atoms with E-state index in [1.165, 1.54) is 0 Å². The van der Waals surface area contributed by atoms with Crippen LogP contribution >= 0.6 is 0 Å². The van der Waals surface area contributed by atoms with Gasteiger partial charge in [0.2, 0.25) is 5.91 Å². The van der Waals surface area contributed by atoms with Gasteiger partial charge in [-0.25, -0.2) is 0 Å². The van der Waals surface area contributed by atoms with Crippen LogP contribution in [0.25, 0.3) is 0 Å². The Bertz CT molecular complexity index is 196. The van der Waals surface area contributed by atoms with E-state index in [9.17, 15) is 4.79 Å². The van der Waals surface area contributed by atoms with Crippen LogP contribution in [0.2, 0.25) is 0 Å². The zero-order valence-corrected chi connectivity index (χ0v) is 8.88. The molecule has 3 heteroatoms. The quantitative estimate of drug-likeness (QED) is 0.472. The summed E-state index contributed by atoms with van der Waals surface area (Å²) in [5.41, 5.74) is 5.62. The largest absolute Gasteiger partial charge is 0.355 e. The van der Waals surface area contributed by atoms with Crippen LogP contribution in [-0.4, -0.2) is 18.5 Å². The Hall–Kier alpha value is -1.01. The van der Waals surface area contributed by atoms with E-state index in [0.717, 1.165) is 32.1 Å². The van der Waals surface area contributed by atoms with Gasteiger partial charge < -0.3 is 11.1 Å². The lowest BCUT2D eigenvalue weighted by Gasteiger charge is -2.10. The fourth-order valence-corrected chi connectivity index (χ4v) is 1.14. The number of nitrogens with one attached hydrogen (secondary N) is 1. The van der Waals surface area contributed by atoms with Crippen LogP contribution in [0.4, 0.5) is 0 Å². The highest BCUT2D eigenvalue weighted by molar-refractivity contribution is 5.81. The zero-order valence-electron chi connectivity index (χ0n) is 8.88. The van der Waals surface area contributed by atoms with Crippen molar-refractivity contribution < 1.29 is 4.79 Å². The molecule has 1 unspecified atom stereocenters. The molecule has 0 aliphatic heterocycles. The van der Waals surface area contributed by atoms with Crippen LogP contribution in [0.1, 0.15) is 39.0 Å². The van der Waals surface area contributed by atoms with Gasteiger partial charge in [-0.3, -0.25) is 4.79 Å². The Labute approximate surface area is 86.4 Å². The van der Waals surface area contributed by atoms with Crippen molar-refractivity contribution in [3.05, 3.63) is 0 Å². The average Bonchev–Trinajstić information content (AvgIpc) is 2.17. The highest BCUT2D eigenvalue weighted by atomic mass is 16.2. The Morgan fingerprint density at radius 3 is 2.86 bits per heavy atom. The Kier molecular flexibility index (Phi) is 7.96. The van der Waals surface area contributed by atoms with Crippen LogP contribution in [0.3, 0.4) is 0 Å². The summed E-state index contributed by atoms with van der Waals surface area (Å²) in [6.07, 6.45) is 9.44. The van der Waals surface area contributed by atoms with Crippen LogP contribution in [0.15, 0.2) is 0 Å². The first kappa shape index (κ1) is 13.0. The molecule has 0 spiro atoms. The monoisotopic (exact) mass is 196 g/mol. The van der Waals surface area contributed by atoms with E-state index in [0.29, 0.717) is 6.54 Å². The molecule has 0 saturated carbocycles. The maximum absolute atomic E-state index is 11.3. The van der Waals surface area contributed by atoms with Crippen molar-refractivity contribution >= 4 is 5.91 Å². The molecule has 14 heavy (non-hydrogen) atoms. The molecule has 3 N–H and O–H groups in total. The number of unbranched alkanes of at least 4 members (excludes halogenated alkanes) is 2. The zero-order chi connectivity index (χ0) is 10.8. The van der Waals surface area contributed by atoms with Crippen LogP contribution in [0, 0.1) is 12.3 Å². The van der Waals surface area contributed by atoms with Gasteiger partial charge in [0.05, 0.1) is 6.04 Å². The van der Waals surface area contributed by atoms with E-state index in [4.69, 9.17) is 12.2 Å². The number of rotatable bonds is 7. The molecular formula is C11H20N2O. The number of carbonyl (C=O) groups is 1. The van der Waals surface area contributed by atoms with Gasteiger partial charge in [-0.1, -0.05) is 13.3 Å². The van der Waals surface area contributed by atoms with Crippen molar-refractivity contribution in [3.8, 4) is 12.3 Å². The molecule has 80 valence electrons. The summed E-state index contributed by atoms with van der Waals surface area (Å²) >= 11 is 0. The minimum atomic E-state index is -0.354. The minimum absolute atomic E-state index is 0.0486. The molecule has 0 aromatic rings. The molecule has 0 aliphatic carbocycles. The Balaban J connectivity index is 3.40. The molecule has 0 saturated heterocycles. The van der Waals surface area contributed by atoms with Crippen molar-refractivity contribution in [1.82, 2.24) is 5.32 Å². The van der Waals surface area contributed by atoms with Crippen molar-refractivity contribution in [2.24, 2.45) is 5.73 Å². The van der Waals surface area contributed by atoms with Crippen molar-refractivity contribution in [2.75, 3.05) is 6.54 Å². The second-order valence-electron chi connectivity index (χ2n) is 3.35. The molecule has 0 aromatic heterocycles.